The van der Waals surface area contributed by atoms with Crippen LogP contribution in [0.1, 0.15) is 12.8 Å². The SMILES string of the molecule is O=C1NC2CC1C2. The highest BCUT2D eigenvalue weighted by molar-refractivity contribution is 5.84. The molecule has 7 heavy (non-hydrogen) atoms. The summed E-state index contributed by atoms with van der Waals surface area (Å²) in [4.78, 5) is 10.5. The second kappa shape index (κ2) is 0.831. The summed E-state index contributed by atoms with van der Waals surface area (Å²) in [5.41, 5.74) is 0. The van der Waals surface area contributed by atoms with Crippen molar-refractivity contribution in [3.63, 3.8) is 0 Å². The van der Waals surface area contributed by atoms with E-state index in [0.29, 0.717) is 12.0 Å². The van der Waals surface area contributed by atoms with Crippen LogP contribution in [0.4, 0.5) is 0 Å². The van der Waals surface area contributed by atoms with Crippen molar-refractivity contribution in [2.24, 2.45) is 5.92 Å². The van der Waals surface area contributed by atoms with Crippen molar-refractivity contribution in [1.29, 1.82) is 0 Å². The van der Waals surface area contributed by atoms with E-state index < -0.39 is 0 Å². The van der Waals surface area contributed by atoms with Crippen LogP contribution >= 0.6 is 0 Å². The molecule has 2 nitrogen and oxygen atoms in total. The first-order chi connectivity index (χ1) is 3.36. The van der Waals surface area contributed by atoms with Crippen molar-refractivity contribution in [2.45, 2.75) is 18.9 Å². The van der Waals surface area contributed by atoms with E-state index in [1.807, 2.05) is 0 Å². The molecule has 0 atom stereocenters. The van der Waals surface area contributed by atoms with Gasteiger partial charge in [0.05, 0.1) is 0 Å². The van der Waals surface area contributed by atoms with Crippen molar-refractivity contribution in [1.82, 2.24) is 5.32 Å². The van der Waals surface area contributed by atoms with Gasteiger partial charge in [-0.2, -0.15) is 0 Å². The fourth-order valence-electron chi connectivity index (χ4n) is 1.27. The Hall–Kier alpha value is -0.530. The molecule has 1 amide bonds. The van der Waals surface area contributed by atoms with Gasteiger partial charge in [0, 0.05) is 12.0 Å². The molecule has 0 aromatic rings. The molecule has 2 saturated heterocycles. The fourth-order valence-corrected chi connectivity index (χ4v) is 1.27. The summed E-state index contributed by atoms with van der Waals surface area (Å²) in [5, 5.41) is 2.85. The molecule has 1 saturated carbocycles. The summed E-state index contributed by atoms with van der Waals surface area (Å²) in [6.45, 7) is 0. The number of nitrogens with one attached hydrogen (secondary N) is 1. The largest absolute Gasteiger partial charge is 0.353 e. The Bertz CT molecular complexity index is 115. The highest BCUT2D eigenvalue weighted by atomic mass is 16.2. The molecule has 3 rings (SSSR count). The van der Waals surface area contributed by atoms with Crippen LogP contribution in [-0.4, -0.2) is 11.9 Å². The lowest BCUT2D eigenvalue weighted by molar-refractivity contribution is -0.121. The number of amides is 1. The van der Waals surface area contributed by atoms with Crippen molar-refractivity contribution >= 4 is 5.91 Å². The quantitative estimate of drug-likeness (QED) is 0.449. The molecule has 2 bridgehead atoms. The van der Waals surface area contributed by atoms with E-state index in [4.69, 9.17) is 0 Å². The van der Waals surface area contributed by atoms with Gasteiger partial charge in [-0.05, 0) is 12.8 Å². The minimum atomic E-state index is 0.282. The van der Waals surface area contributed by atoms with Crippen molar-refractivity contribution < 1.29 is 4.79 Å². The van der Waals surface area contributed by atoms with Gasteiger partial charge in [-0.3, -0.25) is 4.79 Å². The summed E-state index contributed by atoms with van der Waals surface area (Å²) in [6.07, 6.45) is 2.22. The predicted molar refractivity (Wildman–Crippen MR) is 24.7 cm³/mol. The normalized spacial score (nSPS) is 45.4. The molecule has 3 fully saturated rings. The number of hydrogen-bond donors (Lipinski definition) is 1. The molecule has 0 unspecified atom stereocenters. The third kappa shape index (κ3) is 0.275. The van der Waals surface area contributed by atoms with E-state index in [0.717, 1.165) is 12.8 Å². The molecule has 1 aliphatic carbocycles. The van der Waals surface area contributed by atoms with Crippen LogP contribution in [0.15, 0.2) is 0 Å². The Morgan fingerprint density at radius 2 is 2.29 bits per heavy atom. The molecule has 2 heteroatoms. The minimum Gasteiger partial charge on any atom is -0.353 e. The zero-order valence-corrected chi connectivity index (χ0v) is 3.98. The molecule has 0 spiro atoms. The Kier molecular flexibility index (Phi) is 0.412. The van der Waals surface area contributed by atoms with Gasteiger partial charge in [0.25, 0.3) is 0 Å². The molecule has 3 aliphatic rings. The van der Waals surface area contributed by atoms with E-state index in [9.17, 15) is 4.79 Å². The summed E-state index contributed by atoms with van der Waals surface area (Å²) in [7, 11) is 0. The van der Waals surface area contributed by atoms with Crippen LogP contribution in [0.3, 0.4) is 0 Å². The van der Waals surface area contributed by atoms with Gasteiger partial charge in [0.15, 0.2) is 0 Å². The predicted octanol–water partition coefficient (Wildman–Crippen LogP) is -0.105. The Morgan fingerprint density at radius 3 is 2.43 bits per heavy atom. The van der Waals surface area contributed by atoms with Gasteiger partial charge in [0.1, 0.15) is 0 Å². The highest BCUT2D eigenvalue weighted by Gasteiger charge is 2.42. The van der Waals surface area contributed by atoms with E-state index in [-0.39, 0.29) is 5.91 Å². The lowest BCUT2D eigenvalue weighted by Gasteiger charge is -2.17. The van der Waals surface area contributed by atoms with E-state index in [1.54, 1.807) is 0 Å². The van der Waals surface area contributed by atoms with Crippen LogP contribution in [-0.2, 0) is 4.79 Å². The van der Waals surface area contributed by atoms with Crippen molar-refractivity contribution in [3.8, 4) is 0 Å². The second-order valence-electron chi connectivity index (χ2n) is 2.37. The van der Waals surface area contributed by atoms with Gasteiger partial charge in [0.2, 0.25) is 5.91 Å². The number of carbonyl (C=O) groups excluding carboxylic acids is 1. The molecule has 2 aliphatic heterocycles. The third-order valence-corrected chi connectivity index (χ3v) is 1.86. The minimum absolute atomic E-state index is 0.282. The van der Waals surface area contributed by atoms with Crippen LogP contribution in [0, 0.1) is 5.92 Å². The van der Waals surface area contributed by atoms with Crippen LogP contribution < -0.4 is 5.32 Å². The summed E-state index contributed by atoms with van der Waals surface area (Å²) in [6, 6.07) is 0.567. The number of hydrogen-bond acceptors (Lipinski definition) is 1. The zero-order chi connectivity index (χ0) is 4.85. The topological polar surface area (TPSA) is 29.1 Å². The molecule has 38 valence electrons. The Balaban J connectivity index is 2.27. The number of rotatable bonds is 0. The monoisotopic (exact) mass is 97.1 g/mol. The molecular formula is C5H7NO. The Labute approximate surface area is 41.9 Å². The number of carbonyl (C=O) groups is 1. The molecule has 1 N–H and O–H groups in total. The van der Waals surface area contributed by atoms with Gasteiger partial charge < -0.3 is 5.32 Å². The summed E-state index contributed by atoms with van der Waals surface area (Å²) in [5.74, 6) is 0.690. The van der Waals surface area contributed by atoms with E-state index in [1.165, 1.54) is 0 Å². The average Bonchev–Trinajstić information content (AvgIpc) is 1.85. The maximum Gasteiger partial charge on any atom is 0.223 e. The maximum absolute atomic E-state index is 10.5. The average molecular weight is 97.1 g/mol. The number of fused-ring (bicyclic) bond motifs is 1. The van der Waals surface area contributed by atoms with Gasteiger partial charge >= 0.3 is 0 Å². The van der Waals surface area contributed by atoms with E-state index in [2.05, 4.69) is 5.32 Å². The van der Waals surface area contributed by atoms with Crippen molar-refractivity contribution in [2.75, 3.05) is 0 Å². The lowest BCUT2D eigenvalue weighted by Crippen LogP contribution is -2.23. The van der Waals surface area contributed by atoms with Crippen LogP contribution in [0.2, 0.25) is 0 Å². The highest BCUT2D eigenvalue weighted by Crippen LogP contribution is 2.33. The smallest absolute Gasteiger partial charge is 0.223 e. The first-order valence-electron chi connectivity index (χ1n) is 2.66. The van der Waals surface area contributed by atoms with Gasteiger partial charge in [-0.15, -0.1) is 0 Å². The first-order valence-corrected chi connectivity index (χ1v) is 2.66. The lowest BCUT2D eigenvalue weighted by atomic mass is 9.86. The van der Waals surface area contributed by atoms with Crippen LogP contribution in [0.5, 0.6) is 0 Å². The standard InChI is InChI=1S/C5H7NO/c7-5-3-1-4(2-3)6-5/h3-4H,1-2H2,(H,6,7). The molecule has 2 heterocycles. The molecule has 0 aromatic carbocycles. The zero-order valence-electron chi connectivity index (χ0n) is 3.98. The first kappa shape index (κ1) is 3.47. The maximum atomic E-state index is 10.5. The fraction of sp³-hybridized carbons (Fsp3) is 0.800. The summed E-state index contributed by atoms with van der Waals surface area (Å²) >= 11 is 0. The van der Waals surface area contributed by atoms with E-state index >= 15 is 0 Å². The van der Waals surface area contributed by atoms with Gasteiger partial charge in [-0.1, -0.05) is 0 Å². The van der Waals surface area contributed by atoms with Gasteiger partial charge in [-0.25, -0.2) is 0 Å². The molecular weight excluding hydrogens is 90.1 g/mol. The third-order valence-electron chi connectivity index (χ3n) is 1.86. The van der Waals surface area contributed by atoms with Crippen LogP contribution in [0.25, 0.3) is 0 Å². The summed E-state index contributed by atoms with van der Waals surface area (Å²) < 4.78 is 0. The van der Waals surface area contributed by atoms with Crippen molar-refractivity contribution in [3.05, 3.63) is 0 Å². The Morgan fingerprint density at radius 1 is 1.57 bits per heavy atom. The second-order valence-corrected chi connectivity index (χ2v) is 2.37. The molecule has 0 aromatic heterocycles. The molecule has 0 radical (unpaired) electrons.